The van der Waals surface area contributed by atoms with Crippen LogP contribution in [0.25, 0.3) is 11.4 Å². The Morgan fingerprint density at radius 2 is 1.83 bits per heavy atom. The fourth-order valence-electron chi connectivity index (χ4n) is 2.64. The van der Waals surface area contributed by atoms with Crippen LogP contribution in [0.4, 0.5) is 4.79 Å². The number of hydrogen-bond acceptors (Lipinski definition) is 4. The minimum absolute atomic E-state index is 0.0738. The molecule has 0 saturated heterocycles. The molecular weight excluding hydrogens is 438 g/mol. The average Bonchev–Trinajstić information content (AvgIpc) is 2.73. The van der Waals surface area contributed by atoms with Crippen molar-refractivity contribution in [2.45, 2.75) is 19.1 Å². The maximum Gasteiger partial charge on any atom is 0.408 e. The maximum absolute atomic E-state index is 12.0. The molecule has 0 saturated carbocycles. The summed E-state index contributed by atoms with van der Waals surface area (Å²) < 4.78 is 5.94. The average molecular weight is 457 g/mol. The van der Waals surface area contributed by atoms with Gasteiger partial charge in [-0.25, -0.2) is 14.6 Å². The van der Waals surface area contributed by atoms with Crippen molar-refractivity contribution in [2.24, 2.45) is 0 Å². The molecule has 7 nitrogen and oxygen atoms in total. The lowest BCUT2D eigenvalue weighted by Gasteiger charge is -2.15. The molecule has 1 amide bonds. The van der Waals surface area contributed by atoms with Gasteiger partial charge in [0.25, 0.3) is 0 Å². The highest BCUT2D eigenvalue weighted by atomic mass is 79.9. The predicted octanol–water partition coefficient (Wildman–Crippen LogP) is 3.25. The number of benzene rings is 2. The van der Waals surface area contributed by atoms with Crippen molar-refractivity contribution in [3.8, 4) is 11.4 Å². The number of ether oxygens (including phenoxy) is 1. The molecule has 0 fully saturated rings. The number of nitrogens with one attached hydrogen (secondary N) is 2. The molecule has 0 bridgehead atoms. The summed E-state index contributed by atoms with van der Waals surface area (Å²) in [5.74, 6) is -0.439. The van der Waals surface area contributed by atoms with Gasteiger partial charge in [-0.05, 0) is 44.2 Å². The van der Waals surface area contributed by atoms with Crippen LogP contribution in [0.5, 0.6) is 0 Å². The molecule has 3 rings (SSSR count). The van der Waals surface area contributed by atoms with Crippen molar-refractivity contribution in [3.05, 3.63) is 82.6 Å². The summed E-state index contributed by atoms with van der Waals surface area (Å²) in [5.41, 5.74) is 2.45. The molecule has 1 atom stereocenters. The minimum Gasteiger partial charge on any atom is -0.480 e. The molecule has 0 spiro atoms. The molecule has 1 heterocycles. The number of aromatic amines is 1. The first-order chi connectivity index (χ1) is 14.0. The Kier molecular flexibility index (Phi) is 6.91. The molecule has 3 N–H and O–H groups in total. The smallest absolute Gasteiger partial charge is 0.408 e. The summed E-state index contributed by atoms with van der Waals surface area (Å²) in [7, 11) is 0. The van der Waals surface area contributed by atoms with Crippen molar-refractivity contribution in [1.82, 2.24) is 10.3 Å². The number of rotatable bonds is 7. The second kappa shape index (κ2) is 9.79. The van der Waals surface area contributed by atoms with E-state index in [0.717, 1.165) is 21.2 Å². The van der Waals surface area contributed by atoms with E-state index >= 15 is 0 Å². The van der Waals surface area contributed by atoms with Gasteiger partial charge >= 0.3 is 17.9 Å². The van der Waals surface area contributed by atoms with Crippen LogP contribution in [0.3, 0.4) is 0 Å². The van der Waals surface area contributed by atoms with Crippen LogP contribution in [-0.4, -0.2) is 28.2 Å². The number of aliphatic carboxylic acids is 1. The van der Waals surface area contributed by atoms with E-state index < -0.39 is 18.1 Å². The number of halogens is 1. The maximum atomic E-state index is 12.0. The summed E-state index contributed by atoms with van der Waals surface area (Å²) in [6.07, 6.45) is 2.83. The minimum atomic E-state index is -1.13. The number of alkyl carbamates (subject to hydrolysis) is 1. The van der Waals surface area contributed by atoms with Crippen molar-refractivity contribution < 1.29 is 24.4 Å². The van der Waals surface area contributed by atoms with E-state index in [0.29, 0.717) is 5.82 Å². The Balaban J connectivity index is 1.59. The fourth-order valence-corrected chi connectivity index (χ4v) is 2.85. The number of carboxylic acid groups (broad SMARTS) is 1. The van der Waals surface area contributed by atoms with Crippen LogP contribution in [0, 0.1) is 0 Å². The molecule has 29 heavy (non-hydrogen) atoms. The summed E-state index contributed by atoms with van der Waals surface area (Å²) in [6, 6.07) is 15.4. The Bertz CT molecular complexity index is 963. The Morgan fingerprint density at radius 1 is 1.10 bits per heavy atom. The zero-order valence-corrected chi connectivity index (χ0v) is 16.9. The molecule has 0 unspecified atom stereocenters. The summed E-state index contributed by atoms with van der Waals surface area (Å²) in [6.45, 7) is 0.0738. The third-order valence-electron chi connectivity index (χ3n) is 4.13. The lowest BCUT2D eigenvalue weighted by Crippen LogP contribution is -2.42. The SMILES string of the molecule is O=C(N[C@@H](Cc1ccc(-c2ncc(Br)c[nH+]2)cc1)C(=O)O)OCc1ccccc1. The number of carboxylic acids is 1. The molecule has 0 aliphatic rings. The highest BCUT2D eigenvalue weighted by Gasteiger charge is 2.21. The molecule has 8 heteroatoms. The first-order valence-corrected chi connectivity index (χ1v) is 9.63. The molecule has 0 aliphatic carbocycles. The zero-order valence-electron chi connectivity index (χ0n) is 15.3. The highest BCUT2D eigenvalue weighted by molar-refractivity contribution is 9.10. The molecule has 148 valence electrons. The Morgan fingerprint density at radius 3 is 2.45 bits per heavy atom. The lowest BCUT2D eigenvalue weighted by molar-refractivity contribution is -0.369. The van der Waals surface area contributed by atoms with Crippen LogP contribution < -0.4 is 10.3 Å². The van der Waals surface area contributed by atoms with E-state index in [1.807, 2.05) is 42.5 Å². The third-order valence-corrected chi connectivity index (χ3v) is 4.57. The first-order valence-electron chi connectivity index (χ1n) is 8.84. The fraction of sp³-hybridized carbons (Fsp3) is 0.143. The number of H-pyrrole nitrogens is 1. The van der Waals surface area contributed by atoms with Crippen LogP contribution in [0.2, 0.25) is 0 Å². The van der Waals surface area contributed by atoms with Gasteiger partial charge in [0.05, 0.1) is 5.56 Å². The van der Waals surface area contributed by atoms with E-state index in [1.165, 1.54) is 0 Å². The Labute approximate surface area is 175 Å². The predicted molar refractivity (Wildman–Crippen MR) is 109 cm³/mol. The number of amides is 1. The van der Waals surface area contributed by atoms with E-state index in [4.69, 9.17) is 4.74 Å². The first kappa shape index (κ1) is 20.5. The summed E-state index contributed by atoms with van der Waals surface area (Å²) >= 11 is 3.32. The summed E-state index contributed by atoms with van der Waals surface area (Å²) in [4.78, 5) is 30.9. The molecule has 0 radical (unpaired) electrons. The van der Waals surface area contributed by atoms with Crippen LogP contribution >= 0.6 is 15.9 Å². The second-order valence-electron chi connectivity index (χ2n) is 6.28. The normalized spacial score (nSPS) is 11.5. The van der Waals surface area contributed by atoms with Crippen molar-refractivity contribution in [1.29, 1.82) is 0 Å². The third kappa shape index (κ3) is 6.11. The number of hydrogen-bond donors (Lipinski definition) is 2. The molecule has 3 aromatic rings. The van der Waals surface area contributed by atoms with E-state index in [9.17, 15) is 14.7 Å². The van der Waals surface area contributed by atoms with Gasteiger partial charge in [-0.2, -0.15) is 0 Å². The van der Waals surface area contributed by atoms with Gasteiger partial charge in [0.2, 0.25) is 0 Å². The quantitative estimate of drug-likeness (QED) is 0.567. The van der Waals surface area contributed by atoms with E-state index in [2.05, 4.69) is 31.2 Å². The largest absolute Gasteiger partial charge is 0.480 e. The summed E-state index contributed by atoms with van der Waals surface area (Å²) in [5, 5.41) is 11.8. The monoisotopic (exact) mass is 456 g/mol. The van der Waals surface area contributed by atoms with Gasteiger partial charge in [0.15, 0.2) is 6.20 Å². The van der Waals surface area contributed by atoms with Crippen LogP contribution in [0.15, 0.2) is 71.5 Å². The lowest BCUT2D eigenvalue weighted by atomic mass is 10.0. The molecular formula is C21H19BrN3O4+. The zero-order chi connectivity index (χ0) is 20.6. The van der Waals surface area contributed by atoms with Crippen molar-refractivity contribution >= 4 is 28.0 Å². The number of carbonyl (C=O) groups excluding carboxylic acids is 1. The topological polar surface area (TPSA) is 103 Å². The standard InChI is InChI=1S/C21H18BrN3O4/c22-17-11-23-19(24-12-17)16-8-6-14(7-9-16)10-18(20(26)27)25-21(28)29-13-15-4-2-1-3-5-15/h1-9,11-12,18H,10,13H2,(H,25,28)(H,26,27)/p+1/t18-/m0/s1. The number of carbonyl (C=O) groups is 2. The number of aromatic nitrogens is 2. The Hall–Kier alpha value is -3.26. The molecule has 1 aromatic heterocycles. The molecule has 2 aromatic carbocycles. The highest BCUT2D eigenvalue weighted by Crippen LogP contribution is 2.15. The van der Waals surface area contributed by atoms with Crippen molar-refractivity contribution in [2.75, 3.05) is 0 Å². The van der Waals surface area contributed by atoms with Gasteiger partial charge in [-0.3, -0.25) is 0 Å². The van der Waals surface area contributed by atoms with Gasteiger partial charge in [-0.15, -0.1) is 0 Å². The molecule has 0 aliphatic heterocycles. The van der Waals surface area contributed by atoms with Crippen molar-refractivity contribution in [3.63, 3.8) is 0 Å². The van der Waals surface area contributed by atoms with Gasteiger partial charge in [0, 0.05) is 6.42 Å². The number of nitrogens with zero attached hydrogens (tertiary/aromatic N) is 1. The van der Waals surface area contributed by atoms with Gasteiger partial charge in [-0.1, -0.05) is 42.5 Å². The second-order valence-corrected chi connectivity index (χ2v) is 7.19. The van der Waals surface area contributed by atoms with Crippen LogP contribution in [-0.2, 0) is 22.6 Å². The van der Waals surface area contributed by atoms with Crippen LogP contribution in [0.1, 0.15) is 11.1 Å². The van der Waals surface area contributed by atoms with Gasteiger partial charge < -0.3 is 15.2 Å². The van der Waals surface area contributed by atoms with E-state index in [-0.39, 0.29) is 13.0 Å². The van der Waals surface area contributed by atoms with E-state index in [1.54, 1.807) is 24.5 Å². The van der Waals surface area contributed by atoms with Gasteiger partial charge in [0.1, 0.15) is 23.3 Å².